The van der Waals surface area contributed by atoms with Crippen LogP contribution in [-0.2, 0) is 5.54 Å². The molecule has 2 rings (SSSR count). The molecule has 0 spiro atoms. The molecular formula is C16H17ClN2O. The molecule has 0 fully saturated rings. The molecule has 0 saturated heterocycles. The first-order valence-electron chi connectivity index (χ1n) is 6.56. The Balaban J connectivity index is 2.24. The number of carbonyl (C=O) groups is 1. The molecule has 0 bridgehead atoms. The molecule has 3 nitrogen and oxygen atoms in total. The molecule has 1 atom stereocenters. The molecule has 1 aromatic heterocycles. The van der Waals surface area contributed by atoms with Gasteiger partial charge in [0.05, 0.1) is 5.54 Å². The maximum absolute atomic E-state index is 12.3. The van der Waals surface area contributed by atoms with Crippen LogP contribution in [0, 0.1) is 0 Å². The van der Waals surface area contributed by atoms with E-state index in [4.69, 9.17) is 11.6 Å². The number of hydrogen-bond donors (Lipinski definition) is 1. The van der Waals surface area contributed by atoms with Crippen molar-refractivity contribution in [3.05, 3.63) is 64.9 Å². The minimum atomic E-state index is -0.428. The number of halogens is 1. The van der Waals surface area contributed by atoms with Gasteiger partial charge in [-0.15, -0.1) is 0 Å². The Morgan fingerprint density at radius 2 is 1.90 bits per heavy atom. The standard InChI is InChI=1S/C16H17ClN2O/c1-3-16(2,12-8-5-4-6-9-12)19-15(20)13-10-7-11-14(17)18-13/h4-11H,3H2,1-2H3,(H,19,20). The van der Waals surface area contributed by atoms with Crippen LogP contribution in [0.4, 0.5) is 0 Å². The van der Waals surface area contributed by atoms with Crippen LogP contribution in [0.15, 0.2) is 48.5 Å². The Labute approximate surface area is 124 Å². The average Bonchev–Trinajstić information content (AvgIpc) is 2.48. The number of nitrogens with zero attached hydrogens (tertiary/aromatic N) is 1. The summed E-state index contributed by atoms with van der Waals surface area (Å²) in [6.07, 6.45) is 0.781. The first-order chi connectivity index (χ1) is 9.55. The zero-order chi connectivity index (χ0) is 14.6. The van der Waals surface area contributed by atoms with Crippen LogP contribution in [-0.4, -0.2) is 10.9 Å². The third kappa shape index (κ3) is 3.17. The Bertz CT molecular complexity index is 600. The largest absolute Gasteiger partial charge is 0.341 e. The Morgan fingerprint density at radius 1 is 1.20 bits per heavy atom. The molecule has 104 valence electrons. The van der Waals surface area contributed by atoms with Crippen molar-refractivity contribution in [1.82, 2.24) is 10.3 Å². The second kappa shape index (κ2) is 6.06. The summed E-state index contributed by atoms with van der Waals surface area (Å²) in [5.41, 5.74) is 0.966. The molecule has 1 heterocycles. The summed E-state index contributed by atoms with van der Waals surface area (Å²) in [5.74, 6) is -0.222. The van der Waals surface area contributed by atoms with Gasteiger partial charge >= 0.3 is 0 Å². The van der Waals surface area contributed by atoms with Crippen LogP contribution in [0.1, 0.15) is 36.3 Å². The van der Waals surface area contributed by atoms with Crippen LogP contribution in [0.2, 0.25) is 5.15 Å². The van der Waals surface area contributed by atoms with Gasteiger partial charge in [0.1, 0.15) is 10.8 Å². The summed E-state index contributed by atoms with van der Waals surface area (Å²) in [5, 5.41) is 3.36. The third-order valence-electron chi connectivity index (χ3n) is 3.46. The van der Waals surface area contributed by atoms with Crippen LogP contribution >= 0.6 is 11.6 Å². The van der Waals surface area contributed by atoms with Crippen LogP contribution in [0.5, 0.6) is 0 Å². The lowest BCUT2D eigenvalue weighted by Gasteiger charge is -2.30. The van der Waals surface area contributed by atoms with E-state index in [1.165, 1.54) is 0 Å². The number of rotatable bonds is 4. The smallest absolute Gasteiger partial charge is 0.270 e. The summed E-state index contributed by atoms with van der Waals surface area (Å²) in [7, 11) is 0. The molecule has 0 aliphatic heterocycles. The Morgan fingerprint density at radius 3 is 2.50 bits per heavy atom. The van der Waals surface area contributed by atoms with Gasteiger partial charge in [-0.3, -0.25) is 4.79 Å². The van der Waals surface area contributed by atoms with Gasteiger partial charge in [0, 0.05) is 0 Å². The highest BCUT2D eigenvalue weighted by molar-refractivity contribution is 6.29. The van der Waals surface area contributed by atoms with Gasteiger partial charge in [0.15, 0.2) is 0 Å². The van der Waals surface area contributed by atoms with Gasteiger partial charge < -0.3 is 5.32 Å². The molecule has 0 saturated carbocycles. The molecule has 0 aliphatic carbocycles. The molecule has 2 aromatic rings. The van der Waals surface area contributed by atoms with Gasteiger partial charge in [-0.1, -0.05) is 54.9 Å². The van der Waals surface area contributed by atoms with E-state index < -0.39 is 5.54 Å². The number of aromatic nitrogens is 1. The van der Waals surface area contributed by atoms with Gasteiger partial charge in [-0.05, 0) is 31.0 Å². The first-order valence-corrected chi connectivity index (χ1v) is 6.93. The molecule has 20 heavy (non-hydrogen) atoms. The molecule has 1 unspecified atom stereocenters. The maximum Gasteiger partial charge on any atom is 0.270 e. The van der Waals surface area contributed by atoms with Crippen LogP contribution in [0.3, 0.4) is 0 Å². The van der Waals surface area contributed by atoms with E-state index in [1.807, 2.05) is 44.2 Å². The highest BCUT2D eigenvalue weighted by Crippen LogP contribution is 2.24. The lowest BCUT2D eigenvalue weighted by Crippen LogP contribution is -2.43. The van der Waals surface area contributed by atoms with Crippen LogP contribution in [0.25, 0.3) is 0 Å². The van der Waals surface area contributed by atoms with Gasteiger partial charge in [-0.25, -0.2) is 4.98 Å². The summed E-state index contributed by atoms with van der Waals surface area (Å²) in [4.78, 5) is 16.4. The number of pyridine rings is 1. The third-order valence-corrected chi connectivity index (χ3v) is 3.67. The maximum atomic E-state index is 12.3. The summed E-state index contributed by atoms with van der Waals surface area (Å²) in [6, 6.07) is 14.9. The van der Waals surface area contributed by atoms with Gasteiger partial charge in [-0.2, -0.15) is 0 Å². The van der Waals surface area contributed by atoms with E-state index in [0.29, 0.717) is 10.8 Å². The Kier molecular flexibility index (Phi) is 4.40. The van der Waals surface area contributed by atoms with Crippen molar-refractivity contribution >= 4 is 17.5 Å². The summed E-state index contributed by atoms with van der Waals surface area (Å²) >= 11 is 5.82. The number of hydrogen-bond acceptors (Lipinski definition) is 2. The minimum absolute atomic E-state index is 0.222. The monoisotopic (exact) mass is 288 g/mol. The van der Waals surface area contributed by atoms with Crippen molar-refractivity contribution < 1.29 is 4.79 Å². The lowest BCUT2D eigenvalue weighted by atomic mass is 9.89. The fourth-order valence-electron chi connectivity index (χ4n) is 2.02. The van der Waals surface area contributed by atoms with Crippen molar-refractivity contribution in [3.63, 3.8) is 0 Å². The van der Waals surface area contributed by atoms with Crippen molar-refractivity contribution in [2.24, 2.45) is 0 Å². The summed E-state index contributed by atoms with van der Waals surface area (Å²) in [6.45, 7) is 4.05. The zero-order valence-corrected chi connectivity index (χ0v) is 12.3. The lowest BCUT2D eigenvalue weighted by molar-refractivity contribution is 0.0897. The quantitative estimate of drug-likeness (QED) is 0.870. The van der Waals surface area contributed by atoms with Crippen molar-refractivity contribution in [1.29, 1.82) is 0 Å². The predicted octanol–water partition coefficient (Wildman–Crippen LogP) is 3.79. The van der Waals surface area contributed by atoms with E-state index in [2.05, 4.69) is 10.3 Å². The molecule has 4 heteroatoms. The van der Waals surface area contributed by atoms with Gasteiger partial charge in [0.25, 0.3) is 5.91 Å². The molecule has 0 aliphatic rings. The molecule has 0 radical (unpaired) electrons. The van der Waals surface area contributed by atoms with E-state index in [9.17, 15) is 4.79 Å². The average molecular weight is 289 g/mol. The second-order valence-electron chi connectivity index (χ2n) is 4.85. The SMILES string of the molecule is CCC(C)(NC(=O)c1cccc(Cl)n1)c1ccccc1. The Hall–Kier alpha value is -1.87. The first kappa shape index (κ1) is 14.5. The fourth-order valence-corrected chi connectivity index (χ4v) is 2.18. The van der Waals surface area contributed by atoms with E-state index in [1.54, 1.807) is 18.2 Å². The number of carbonyl (C=O) groups excluding carboxylic acids is 1. The van der Waals surface area contributed by atoms with Crippen molar-refractivity contribution in [2.75, 3.05) is 0 Å². The summed E-state index contributed by atoms with van der Waals surface area (Å²) < 4.78 is 0. The van der Waals surface area contributed by atoms with E-state index >= 15 is 0 Å². The van der Waals surface area contributed by atoms with E-state index in [0.717, 1.165) is 12.0 Å². The normalized spacial score (nSPS) is 13.6. The number of benzene rings is 1. The fraction of sp³-hybridized carbons (Fsp3) is 0.250. The van der Waals surface area contributed by atoms with Crippen molar-refractivity contribution in [3.8, 4) is 0 Å². The van der Waals surface area contributed by atoms with Crippen molar-refractivity contribution in [2.45, 2.75) is 25.8 Å². The number of nitrogens with one attached hydrogen (secondary N) is 1. The molecule has 1 amide bonds. The predicted molar refractivity (Wildman–Crippen MR) is 80.8 cm³/mol. The number of amides is 1. The molecule has 1 N–H and O–H groups in total. The topological polar surface area (TPSA) is 42.0 Å². The molecular weight excluding hydrogens is 272 g/mol. The zero-order valence-electron chi connectivity index (χ0n) is 11.6. The highest BCUT2D eigenvalue weighted by atomic mass is 35.5. The molecule has 1 aromatic carbocycles. The minimum Gasteiger partial charge on any atom is -0.341 e. The van der Waals surface area contributed by atoms with E-state index in [-0.39, 0.29) is 5.91 Å². The van der Waals surface area contributed by atoms with Gasteiger partial charge in [0.2, 0.25) is 0 Å². The second-order valence-corrected chi connectivity index (χ2v) is 5.24. The highest BCUT2D eigenvalue weighted by Gasteiger charge is 2.27. The van der Waals surface area contributed by atoms with Crippen LogP contribution < -0.4 is 5.32 Å².